The molecule has 0 amide bonds. The normalized spacial score (nSPS) is 23.1. The first-order valence-electron chi connectivity index (χ1n) is 7.74. The lowest BCUT2D eigenvalue weighted by molar-refractivity contribution is 0.156. The predicted molar refractivity (Wildman–Crippen MR) is 84.6 cm³/mol. The summed E-state index contributed by atoms with van der Waals surface area (Å²) in [5.41, 5.74) is 2.66. The van der Waals surface area contributed by atoms with Crippen LogP contribution in [0.5, 0.6) is 0 Å². The van der Waals surface area contributed by atoms with Crippen molar-refractivity contribution in [1.82, 2.24) is 4.90 Å². The first-order valence-corrected chi connectivity index (χ1v) is 7.74. The molecule has 110 valence electrons. The summed E-state index contributed by atoms with van der Waals surface area (Å²) in [4.78, 5) is 2.53. The number of likely N-dealkylation sites (tertiary alicyclic amines) is 1. The highest BCUT2D eigenvalue weighted by molar-refractivity contribution is 5.22. The minimum absolute atomic E-state index is 0.145. The smallest absolute Gasteiger partial charge is 0.123 e. The zero-order valence-corrected chi connectivity index (χ0v) is 12.5. The van der Waals surface area contributed by atoms with Crippen LogP contribution in [-0.4, -0.2) is 18.0 Å². The van der Waals surface area contributed by atoms with Gasteiger partial charge in [0.15, 0.2) is 0 Å². The van der Waals surface area contributed by atoms with Crippen LogP contribution in [0.1, 0.15) is 30.4 Å². The van der Waals surface area contributed by atoms with Crippen LogP contribution in [0.15, 0.2) is 54.6 Å². The monoisotopic (exact) mass is 283 g/mol. The van der Waals surface area contributed by atoms with E-state index in [-0.39, 0.29) is 5.82 Å². The molecule has 0 aliphatic carbocycles. The second-order valence-electron chi connectivity index (χ2n) is 6.14. The average molecular weight is 283 g/mol. The van der Waals surface area contributed by atoms with Gasteiger partial charge in [0.05, 0.1) is 0 Å². The third kappa shape index (κ3) is 3.51. The van der Waals surface area contributed by atoms with Gasteiger partial charge in [0.1, 0.15) is 5.82 Å². The van der Waals surface area contributed by atoms with Crippen LogP contribution in [0.4, 0.5) is 4.39 Å². The molecule has 0 unspecified atom stereocenters. The Morgan fingerprint density at radius 3 is 2.43 bits per heavy atom. The summed E-state index contributed by atoms with van der Waals surface area (Å²) in [5.74, 6) is 1.01. The Kier molecular flexibility index (Phi) is 4.35. The highest BCUT2D eigenvalue weighted by Crippen LogP contribution is 2.33. The van der Waals surface area contributed by atoms with Crippen LogP contribution in [0, 0.1) is 11.7 Å². The number of nitrogens with zero attached hydrogens (tertiary/aromatic N) is 1. The molecule has 1 heterocycles. The molecule has 0 saturated carbocycles. The zero-order valence-electron chi connectivity index (χ0n) is 12.5. The minimum atomic E-state index is -0.145. The Balaban J connectivity index is 1.63. The Morgan fingerprint density at radius 2 is 1.76 bits per heavy atom. The largest absolute Gasteiger partial charge is 0.299 e. The van der Waals surface area contributed by atoms with Crippen LogP contribution in [0.3, 0.4) is 0 Å². The van der Waals surface area contributed by atoms with Crippen LogP contribution in [0.25, 0.3) is 0 Å². The van der Waals surface area contributed by atoms with Crippen LogP contribution >= 0.6 is 0 Å². The van der Waals surface area contributed by atoms with E-state index in [1.807, 2.05) is 12.1 Å². The second-order valence-corrected chi connectivity index (χ2v) is 6.14. The van der Waals surface area contributed by atoms with Gasteiger partial charge in [-0.05, 0) is 48.1 Å². The molecule has 1 saturated heterocycles. The molecule has 2 heteroatoms. The molecule has 2 atom stereocenters. The molecule has 0 N–H and O–H groups in total. The molecule has 0 spiro atoms. The Bertz CT molecular complexity index is 564. The highest BCUT2D eigenvalue weighted by Gasteiger charge is 2.27. The first-order chi connectivity index (χ1) is 10.2. The quantitative estimate of drug-likeness (QED) is 0.804. The lowest BCUT2D eigenvalue weighted by atomic mass is 9.81. The van der Waals surface area contributed by atoms with Gasteiger partial charge in [0.25, 0.3) is 0 Å². The fourth-order valence-corrected chi connectivity index (χ4v) is 3.42. The zero-order chi connectivity index (χ0) is 14.7. The summed E-state index contributed by atoms with van der Waals surface area (Å²) in [6, 6.07) is 17.7. The van der Waals surface area contributed by atoms with E-state index in [2.05, 4.69) is 42.2 Å². The van der Waals surface area contributed by atoms with E-state index in [0.29, 0.717) is 11.8 Å². The van der Waals surface area contributed by atoms with Gasteiger partial charge in [-0.3, -0.25) is 4.90 Å². The molecule has 1 nitrogen and oxygen atoms in total. The van der Waals surface area contributed by atoms with Gasteiger partial charge in [-0.25, -0.2) is 4.39 Å². The van der Waals surface area contributed by atoms with Crippen molar-refractivity contribution >= 4 is 0 Å². The fraction of sp³-hybridized carbons (Fsp3) is 0.368. The maximum absolute atomic E-state index is 13.0. The van der Waals surface area contributed by atoms with Crippen molar-refractivity contribution in [3.8, 4) is 0 Å². The third-order valence-corrected chi connectivity index (χ3v) is 4.54. The van der Waals surface area contributed by atoms with Crippen molar-refractivity contribution in [1.29, 1.82) is 0 Å². The van der Waals surface area contributed by atoms with Crippen molar-refractivity contribution < 1.29 is 4.39 Å². The van der Waals surface area contributed by atoms with Gasteiger partial charge in [0, 0.05) is 13.1 Å². The molecule has 1 fully saturated rings. The molecular formula is C19H22FN. The molecule has 0 aromatic heterocycles. The molecule has 3 rings (SSSR count). The van der Waals surface area contributed by atoms with Gasteiger partial charge < -0.3 is 0 Å². The Morgan fingerprint density at radius 1 is 1.05 bits per heavy atom. The molecule has 21 heavy (non-hydrogen) atoms. The Hall–Kier alpha value is -1.67. The van der Waals surface area contributed by atoms with Crippen molar-refractivity contribution in [2.75, 3.05) is 13.1 Å². The predicted octanol–water partition coefficient (Wildman–Crippen LogP) is 4.45. The van der Waals surface area contributed by atoms with Crippen molar-refractivity contribution in [2.45, 2.75) is 25.8 Å². The first kappa shape index (κ1) is 14.3. The maximum atomic E-state index is 13.0. The van der Waals surface area contributed by atoms with Gasteiger partial charge in [0.2, 0.25) is 0 Å². The van der Waals surface area contributed by atoms with E-state index in [4.69, 9.17) is 0 Å². The maximum Gasteiger partial charge on any atom is 0.123 e. The van der Waals surface area contributed by atoms with Gasteiger partial charge >= 0.3 is 0 Å². The molecule has 1 aliphatic rings. The number of hydrogen-bond acceptors (Lipinski definition) is 1. The van der Waals surface area contributed by atoms with E-state index in [9.17, 15) is 4.39 Å². The van der Waals surface area contributed by atoms with E-state index in [0.717, 1.165) is 26.1 Å². The summed E-state index contributed by atoms with van der Waals surface area (Å²) in [7, 11) is 0. The van der Waals surface area contributed by atoms with Crippen LogP contribution in [-0.2, 0) is 6.54 Å². The van der Waals surface area contributed by atoms with Gasteiger partial charge in [-0.15, -0.1) is 0 Å². The molecule has 2 aromatic carbocycles. The molecule has 1 aliphatic heterocycles. The van der Waals surface area contributed by atoms with Gasteiger partial charge in [-0.2, -0.15) is 0 Å². The highest BCUT2D eigenvalue weighted by atomic mass is 19.1. The molecule has 2 aromatic rings. The van der Waals surface area contributed by atoms with E-state index < -0.39 is 0 Å². The third-order valence-electron chi connectivity index (χ3n) is 4.54. The number of benzene rings is 2. The lowest BCUT2D eigenvalue weighted by Gasteiger charge is -2.37. The summed E-state index contributed by atoms with van der Waals surface area (Å²) >= 11 is 0. The number of rotatable bonds is 3. The SMILES string of the molecule is C[C@@H]1CN(Cc2ccccc2)CC[C@H]1c1ccc(F)cc1. The summed E-state index contributed by atoms with van der Waals surface area (Å²) in [6.07, 6.45) is 1.15. The summed E-state index contributed by atoms with van der Waals surface area (Å²) in [5, 5.41) is 0. The van der Waals surface area contributed by atoms with Crippen LogP contribution in [0.2, 0.25) is 0 Å². The van der Waals surface area contributed by atoms with Crippen LogP contribution < -0.4 is 0 Å². The van der Waals surface area contributed by atoms with E-state index in [1.165, 1.54) is 11.1 Å². The molecule has 0 radical (unpaired) electrons. The number of halogens is 1. The van der Waals surface area contributed by atoms with Gasteiger partial charge in [-0.1, -0.05) is 49.4 Å². The average Bonchev–Trinajstić information content (AvgIpc) is 2.50. The summed E-state index contributed by atoms with van der Waals surface area (Å²) < 4.78 is 13.0. The van der Waals surface area contributed by atoms with Crippen molar-refractivity contribution in [3.63, 3.8) is 0 Å². The topological polar surface area (TPSA) is 3.24 Å². The standard InChI is InChI=1S/C19H22FN/c1-15-13-21(14-16-5-3-2-4-6-16)12-11-19(15)17-7-9-18(20)10-8-17/h2-10,15,19H,11-14H2,1H3/t15-,19-/m1/s1. The van der Waals surface area contributed by atoms with Crippen molar-refractivity contribution in [2.24, 2.45) is 5.92 Å². The second kappa shape index (κ2) is 6.40. The number of hydrogen-bond donors (Lipinski definition) is 0. The lowest BCUT2D eigenvalue weighted by Crippen LogP contribution is -2.37. The van der Waals surface area contributed by atoms with Crippen molar-refractivity contribution in [3.05, 3.63) is 71.5 Å². The molecule has 0 bridgehead atoms. The molecular weight excluding hydrogens is 261 g/mol. The number of piperidine rings is 1. The Labute approximate surface area is 126 Å². The van der Waals surface area contributed by atoms with E-state index >= 15 is 0 Å². The minimum Gasteiger partial charge on any atom is -0.299 e. The van der Waals surface area contributed by atoms with E-state index in [1.54, 1.807) is 12.1 Å². The fourth-order valence-electron chi connectivity index (χ4n) is 3.42. The summed E-state index contributed by atoms with van der Waals surface area (Å²) in [6.45, 7) is 5.56.